The van der Waals surface area contributed by atoms with Crippen molar-refractivity contribution in [2.45, 2.75) is 118 Å². The first-order chi connectivity index (χ1) is 9.76. The predicted octanol–water partition coefficient (Wildman–Crippen LogP) is 7.76. The molecule has 0 heteroatoms. The third-order valence-corrected chi connectivity index (χ3v) is 4.92. The normalized spacial score (nSPS) is 14.4. The summed E-state index contributed by atoms with van der Waals surface area (Å²) < 4.78 is 0. The lowest BCUT2D eigenvalue weighted by molar-refractivity contribution is 0.277. The fraction of sp³-hybridized carbons (Fsp3) is 1.00. The van der Waals surface area contributed by atoms with Crippen molar-refractivity contribution in [3.05, 3.63) is 0 Å². The van der Waals surface area contributed by atoms with E-state index in [4.69, 9.17) is 0 Å². The zero-order chi connectivity index (χ0) is 15.1. The van der Waals surface area contributed by atoms with Crippen LogP contribution in [0.1, 0.15) is 118 Å². The van der Waals surface area contributed by atoms with E-state index in [1.54, 1.807) is 0 Å². The van der Waals surface area contributed by atoms with Crippen LogP contribution in [0.3, 0.4) is 0 Å². The van der Waals surface area contributed by atoms with Gasteiger partial charge < -0.3 is 0 Å². The summed E-state index contributed by atoms with van der Waals surface area (Å²) >= 11 is 0. The highest BCUT2D eigenvalue weighted by Crippen LogP contribution is 2.28. The average molecular weight is 283 g/mol. The Hall–Kier alpha value is 0. The maximum atomic E-state index is 2.53. The van der Waals surface area contributed by atoms with Gasteiger partial charge in [0.2, 0.25) is 0 Å². The first-order valence-electron chi connectivity index (χ1n) is 9.76. The van der Waals surface area contributed by atoms with E-state index < -0.39 is 0 Å². The Labute approximate surface area is 130 Å². The van der Waals surface area contributed by atoms with Crippen LogP contribution < -0.4 is 0 Å². The van der Waals surface area contributed by atoms with Crippen LogP contribution in [0, 0.1) is 11.8 Å². The zero-order valence-electron chi connectivity index (χ0n) is 15.1. The summed E-state index contributed by atoms with van der Waals surface area (Å²) in [5.41, 5.74) is 0. The lowest BCUT2D eigenvalue weighted by Crippen LogP contribution is -2.12. The summed E-state index contributed by atoms with van der Waals surface area (Å²) in [4.78, 5) is 0. The molecule has 0 aromatic rings. The monoisotopic (exact) mass is 282 g/mol. The molecule has 0 aliphatic carbocycles. The van der Waals surface area contributed by atoms with Gasteiger partial charge in [0.05, 0.1) is 0 Å². The van der Waals surface area contributed by atoms with Gasteiger partial charge in [-0.05, 0) is 11.8 Å². The van der Waals surface area contributed by atoms with Crippen molar-refractivity contribution in [2.75, 3.05) is 0 Å². The van der Waals surface area contributed by atoms with Gasteiger partial charge in [0.25, 0.3) is 0 Å². The molecule has 0 nitrogen and oxygen atoms in total. The van der Waals surface area contributed by atoms with Gasteiger partial charge in [-0.3, -0.25) is 0 Å². The van der Waals surface area contributed by atoms with E-state index in [9.17, 15) is 0 Å². The van der Waals surface area contributed by atoms with Crippen molar-refractivity contribution in [3.63, 3.8) is 0 Å². The van der Waals surface area contributed by atoms with E-state index in [-0.39, 0.29) is 0 Å². The van der Waals surface area contributed by atoms with Crippen LogP contribution in [0.25, 0.3) is 0 Å². The van der Waals surface area contributed by atoms with Crippen molar-refractivity contribution >= 4 is 0 Å². The minimum absolute atomic E-state index is 0.963. The van der Waals surface area contributed by atoms with Crippen molar-refractivity contribution in [2.24, 2.45) is 11.8 Å². The predicted molar refractivity (Wildman–Crippen MR) is 94.3 cm³/mol. The first-order valence-corrected chi connectivity index (χ1v) is 9.76. The number of rotatable bonds is 15. The van der Waals surface area contributed by atoms with E-state index in [0.29, 0.717) is 0 Å². The standard InChI is InChI=1S/C20H42/c1-5-8-11-12-13-15-16-19(4)20(17-10-7-3)18-14-9-6-2/h19-20H,5-18H2,1-4H3. The van der Waals surface area contributed by atoms with Gasteiger partial charge >= 0.3 is 0 Å². The second-order valence-electron chi connectivity index (χ2n) is 6.93. The lowest BCUT2D eigenvalue weighted by atomic mass is 9.82. The van der Waals surface area contributed by atoms with E-state index in [2.05, 4.69) is 27.7 Å². The molecule has 122 valence electrons. The van der Waals surface area contributed by atoms with E-state index in [0.717, 1.165) is 11.8 Å². The second kappa shape index (κ2) is 15.4. The van der Waals surface area contributed by atoms with Gasteiger partial charge in [-0.15, -0.1) is 0 Å². The number of hydrogen-bond donors (Lipinski definition) is 0. The molecule has 0 bridgehead atoms. The van der Waals surface area contributed by atoms with E-state index in [1.807, 2.05) is 0 Å². The number of hydrogen-bond acceptors (Lipinski definition) is 0. The summed E-state index contributed by atoms with van der Waals surface area (Å²) in [7, 11) is 0. The van der Waals surface area contributed by atoms with E-state index >= 15 is 0 Å². The zero-order valence-corrected chi connectivity index (χ0v) is 15.1. The molecular formula is C20H42. The largest absolute Gasteiger partial charge is 0.0654 e. The van der Waals surface area contributed by atoms with Crippen LogP contribution in [0.5, 0.6) is 0 Å². The Morgan fingerprint density at radius 1 is 0.500 bits per heavy atom. The molecule has 0 saturated carbocycles. The molecule has 0 N–H and O–H groups in total. The highest BCUT2D eigenvalue weighted by molar-refractivity contribution is 4.67. The van der Waals surface area contributed by atoms with Crippen LogP contribution in [-0.4, -0.2) is 0 Å². The third kappa shape index (κ3) is 11.8. The van der Waals surface area contributed by atoms with Crippen molar-refractivity contribution < 1.29 is 0 Å². The highest BCUT2D eigenvalue weighted by Gasteiger charge is 2.16. The fourth-order valence-electron chi connectivity index (χ4n) is 3.32. The highest BCUT2D eigenvalue weighted by atomic mass is 14.2. The van der Waals surface area contributed by atoms with Crippen LogP contribution in [-0.2, 0) is 0 Å². The van der Waals surface area contributed by atoms with Gasteiger partial charge in [0.15, 0.2) is 0 Å². The van der Waals surface area contributed by atoms with Gasteiger partial charge in [-0.1, -0.05) is 118 Å². The molecule has 0 amide bonds. The maximum Gasteiger partial charge on any atom is -0.0388 e. The van der Waals surface area contributed by atoms with Gasteiger partial charge in [-0.2, -0.15) is 0 Å². The van der Waals surface area contributed by atoms with Gasteiger partial charge in [-0.25, -0.2) is 0 Å². The van der Waals surface area contributed by atoms with Crippen LogP contribution in [0.4, 0.5) is 0 Å². The maximum absolute atomic E-state index is 2.53. The fourth-order valence-corrected chi connectivity index (χ4v) is 3.32. The molecule has 2 atom stereocenters. The van der Waals surface area contributed by atoms with Crippen LogP contribution in [0.15, 0.2) is 0 Å². The number of unbranched alkanes of at least 4 members (excludes halogenated alkanes) is 8. The molecule has 0 rings (SSSR count). The molecule has 0 saturated heterocycles. The van der Waals surface area contributed by atoms with Crippen molar-refractivity contribution in [1.29, 1.82) is 0 Å². The minimum atomic E-state index is 0.963. The molecule has 0 radical (unpaired) electrons. The van der Waals surface area contributed by atoms with Gasteiger partial charge in [0, 0.05) is 0 Å². The summed E-state index contributed by atoms with van der Waals surface area (Å²) in [5, 5.41) is 0. The summed E-state index contributed by atoms with van der Waals surface area (Å²) in [5.74, 6) is 1.97. The Morgan fingerprint density at radius 2 is 0.950 bits per heavy atom. The summed E-state index contributed by atoms with van der Waals surface area (Å²) in [6, 6.07) is 0. The van der Waals surface area contributed by atoms with Crippen LogP contribution >= 0.6 is 0 Å². The third-order valence-electron chi connectivity index (χ3n) is 4.92. The Morgan fingerprint density at radius 3 is 1.60 bits per heavy atom. The minimum Gasteiger partial charge on any atom is -0.0654 e. The molecule has 0 aliphatic heterocycles. The molecule has 0 heterocycles. The smallest absolute Gasteiger partial charge is 0.0388 e. The molecule has 0 aromatic heterocycles. The average Bonchev–Trinajstić information content (AvgIpc) is 2.46. The molecule has 20 heavy (non-hydrogen) atoms. The van der Waals surface area contributed by atoms with E-state index in [1.165, 1.54) is 89.9 Å². The van der Waals surface area contributed by atoms with Crippen molar-refractivity contribution in [1.82, 2.24) is 0 Å². The molecule has 0 aromatic carbocycles. The Bertz CT molecular complexity index is 173. The summed E-state index contributed by atoms with van der Waals surface area (Å²) in [6.45, 7) is 9.48. The van der Waals surface area contributed by atoms with Crippen molar-refractivity contribution in [3.8, 4) is 0 Å². The first kappa shape index (κ1) is 20.0. The SMILES string of the molecule is CCCCCCCCC(C)C(CCCC)CCCCC. The molecule has 0 fully saturated rings. The Balaban J connectivity index is 3.77. The molecule has 0 spiro atoms. The Kier molecular flexibility index (Phi) is 15.4. The molecule has 0 aliphatic rings. The topological polar surface area (TPSA) is 0 Å². The molecule has 2 unspecified atom stereocenters. The lowest BCUT2D eigenvalue weighted by Gasteiger charge is -2.24. The summed E-state index contributed by atoms with van der Waals surface area (Å²) in [6.07, 6.45) is 20.2. The quantitative estimate of drug-likeness (QED) is 0.269. The molecular weight excluding hydrogens is 240 g/mol. The van der Waals surface area contributed by atoms with Crippen LogP contribution in [0.2, 0.25) is 0 Å². The second-order valence-corrected chi connectivity index (χ2v) is 6.93. The van der Waals surface area contributed by atoms with Gasteiger partial charge in [0.1, 0.15) is 0 Å².